The summed E-state index contributed by atoms with van der Waals surface area (Å²) >= 11 is 0. The quantitative estimate of drug-likeness (QED) is 0.608. The summed E-state index contributed by atoms with van der Waals surface area (Å²) in [5.74, 6) is -0.459. The Labute approximate surface area is 167 Å². The second kappa shape index (κ2) is 7.56. The third-order valence-electron chi connectivity index (χ3n) is 5.49. The molecule has 0 spiro atoms. The van der Waals surface area contributed by atoms with E-state index in [1.807, 2.05) is 11.0 Å². The smallest absolute Gasteiger partial charge is 0.292 e. The largest absolute Gasteiger partial charge is 0.444 e. The normalized spacial score (nSPS) is 22.1. The van der Waals surface area contributed by atoms with Gasteiger partial charge in [0.05, 0.1) is 24.1 Å². The molecule has 0 saturated carbocycles. The number of ketones is 1. The van der Waals surface area contributed by atoms with Crippen LogP contribution in [0.4, 0.5) is 11.4 Å². The number of ether oxygens (including phenoxy) is 2. The maximum absolute atomic E-state index is 12.6. The van der Waals surface area contributed by atoms with Gasteiger partial charge in [-0.3, -0.25) is 14.9 Å². The van der Waals surface area contributed by atoms with E-state index in [2.05, 4.69) is 0 Å². The minimum absolute atomic E-state index is 0.0501. The number of benzene rings is 1. The lowest BCUT2D eigenvalue weighted by Gasteiger charge is -2.32. The van der Waals surface area contributed by atoms with Gasteiger partial charge in [0.25, 0.3) is 5.69 Å². The Hall–Kier alpha value is -3.38. The van der Waals surface area contributed by atoms with Crippen molar-refractivity contribution in [1.29, 1.82) is 5.26 Å². The molecule has 9 nitrogen and oxygen atoms in total. The zero-order valence-electron chi connectivity index (χ0n) is 15.7. The van der Waals surface area contributed by atoms with Crippen molar-refractivity contribution >= 4 is 17.2 Å². The van der Waals surface area contributed by atoms with E-state index in [1.165, 1.54) is 6.07 Å². The van der Waals surface area contributed by atoms with Gasteiger partial charge in [0, 0.05) is 37.6 Å². The number of allylic oxidation sites excluding steroid dienone is 3. The number of morpholine rings is 1. The van der Waals surface area contributed by atoms with Crippen LogP contribution in [0.15, 0.2) is 41.0 Å². The summed E-state index contributed by atoms with van der Waals surface area (Å²) in [6.07, 6.45) is 1.55. The molecule has 0 aromatic heterocycles. The summed E-state index contributed by atoms with van der Waals surface area (Å²) in [4.78, 5) is 25.9. The van der Waals surface area contributed by atoms with Crippen LogP contribution in [0.2, 0.25) is 0 Å². The molecule has 9 heteroatoms. The molecule has 1 fully saturated rings. The van der Waals surface area contributed by atoms with Gasteiger partial charge >= 0.3 is 0 Å². The van der Waals surface area contributed by atoms with Crippen molar-refractivity contribution in [2.45, 2.75) is 25.2 Å². The second-order valence-corrected chi connectivity index (χ2v) is 7.14. The molecule has 2 N–H and O–H groups in total. The number of hydrogen-bond donors (Lipinski definition) is 1. The number of nitro groups is 1. The average Bonchev–Trinajstić information content (AvgIpc) is 2.73. The fourth-order valence-electron chi connectivity index (χ4n) is 4.13. The zero-order valence-corrected chi connectivity index (χ0v) is 15.7. The van der Waals surface area contributed by atoms with Crippen molar-refractivity contribution in [1.82, 2.24) is 0 Å². The molecular formula is C20H20N4O5. The molecule has 2 heterocycles. The van der Waals surface area contributed by atoms with E-state index >= 15 is 0 Å². The number of rotatable bonds is 3. The van der Waals surface area contributed by atoms with Gasteiger partial charge in [0.1, 0.15) is 23.1 Å². The number of Topliss-reactive ketones (excluding diaryl/α,β-unsaturated/α-hetero) is 1. The first-order chi connectivity index (χ1) is 14.0. The van der Waals surface area contributed by atoms with Gasteiger partial charge in [-0.2, -0.15) is 5.26 Å². The lowest BCUT2D eigenvalue weighted by Crippen LogP contribution is -2.36. The van der Waals surface area contributed by atoms with Crippen LogP contribution in [0, 0.1) is 21.4 Å². The van der Waals surface area contributed by atoms with Crippen LogP contribution in [0.3, 0.4) is 0 Å². The molecule has 1 aromatic carbocycles. The van der Waals surface area contributed by atoms with Crippen LogP contribution in [0.1, 0.15) is 30.7 Å². The Kier molecular flexibility index (Phi) is 4.94. The predicted molar refractivity (Wildman–Crippen MR) is 103 cm³/mol. The van der Waals surface area contributed by atoms with Crippen LogP contribution in [0.5, 0.6) is 0 Å². The number of nitrogens with two attached hydrogens (primary N) is 1. The van der Waals surface area contributed by atoms with Gasteiger partial charge in [0.15, 0.2) is 5.78 Å². The molecule has 29 heavy (non-hydrogen) atoms. The van der Waals surface area contributed by atoms with Crippen molar-refractivity contribution in [3.63, 3.8) is 0 Å². The van der Waals surface area contributed by atoms with E-state index in [4.69, 9.17) is 15.2 Å². The van der Waals surface area contributed by atoms with Crippen LogP contribution < -0.4 is 10.6 Å². The van der Waals surface area contributed by atoms with Gasteiger partial charge in [-0.05, 0) is 18.1 Å². The molecule has 1 unspecified atom stereocenters. The number of anilines is 1. The van der Waals surface area contributed by atoms with Crippen LogP contribution in [-0.4, -0.2) is 37.0 Å². The van der Waals surface area contributed by atoms with Crippen LogP contribution in [0.25, 0.3) is 0 Å². The highest BCUT2D eigenvalue weighted by molar-refractivity contribution is 5.99. The maximum Gasteiger partial charge on any atom is 0.292 e. The zero-order chi connectivity index (χ0) is 20.5. The molecule has 0 bridgehead atoms. The lowest BCUT2D eigenvalue weighted by atomic mass is 9.77. The van der Waals surface area contributed by atoms with E-state index in [9.17, 15) is 20.2 Å². The lowest BCUT2D eigenvalue weighted by molar-refractivity contribution is -0.384. The first kappa shape index (κ1) is 19.0. The first-order valence-electron chi connectivity index (χ1n) is 9.46. The summed E-state index contributed by atoms with van der Waals surface area (Å²) in [5.41, 5.74) is 7.34. The minimum Gasteiger partial charge on any atom is -0.444 e. The van der Waals surface area contributed by atoms with Gasteiger partial charge in [0.2, 0.25) is 5.88 Å². The maximum atomic E-state index is 12.6. The van der Waals surface area contributed by atoms with Crippen LogP contribution in [-0.2, 0) is 14.3 Å². The molecule has 1 aliphatic carbocycles. The van der Waals surface area contributed by atoms with Crippen molar-refractivity contribution in [2.24, 2.45) is 5.73 Å². The Morgan fingerprint density at radius 3 is 2.72 bits per heavy atom. The highest BCUT2D eigenvalue weighted by atomic mass is 16.6. The Balaban J connectivity index is 1.83. The fourth-order valence-corrected chi connectivity index (χ4v) is 4.13. The van der Waals surface area contributed by atoms with Gasteiger partial charge < -0.3 is 20.1 Å². The summed E-state index contributed by atoms with van der Waals surface area (Å²) < 4.78 is 10.9. The SMILES string of the molecule is N#CC1=C(N)OC2=C(C(=O)CCC2)C1c1ccc(N2CCOCC2)c([N+](=O)[O-])c1. The Morgan fingerprint density at radius 2 is 2.03 bits per heavy atom. The van der Waals surface area contributed by atoms with Crippen LogP contribution >= 0.6 is 0 Å². The van der Waals surface area contributed by atoms with E-state index < -0.39 is 10.8 Å². The highest BCUT2D eigenvalue weighted by Gasteiger charge is 2.39. The second-order valence-electron chi connectivity index (χ2n) is 7.14. The molecular weight excluding hydrogens is 376 g/mol. The van der Waals surface area contributed by atoms with E-state index in [0.717, 1.165) is 0 Å². The fraction of sp³-hybridized carbons (Fsp3) is 0.400. The third-order valence-corrected chi connectivity index (χ3v) is 5.49. The molecule has 150 valence electrons. The Morgan fingerprint density at radius 1 is 1.28 bits per heavy atom. The molecule has 3 aliphatic rings. The standard InChI is InChI=1S/C20H20N4O5/c21-11-13-18(19-16(25)2-1-3-17(19)29-20(13)22)12-4-5-14(15(10-12)24(26)27)23-6-8-28-9-7-23/h4-5,10,18H,1-3,6-9,22H2. The third kappa shape index (κ3) is 3.32. The van der Waals surface area contributed by atoms with E-state index in [-0.39, 0.29) is 22.9 Å². The molecule has 2 aliphatic heterocycles. The van der Waals surface area contributed by atoms with Gasteiger partial charge in [-0.25, -0.2) is 0 Å². The molecule has 1 saturated heterocycles. The average molecular weight is 396 g/mol. The van der Waals surface area contributed by atoms with Gasteiger partial charge in [-0.1, -0.05) is 6.07 Å². The summed E-state index contributed by atoms with van der Waals surface area (Å²) in [7, 11) is 0. The number of nitriles is 1. The monoisotopic (exact) mass is 396 g/mol. The molecule has 0 radical (unpaired) electrons. The number of nitrogens with zero attached hydrogens (tertiary/aromatic N) is 3. The summed E-state index contributed by atoms with van der Waals surface area (Å²) in [5, 5.41) is 21.5. The minimum atomic E-state index is -0.756. The predicted octanol–water partition coefficient (Wildman–Crippen LogP) is 2.25. The number of nitro benzene ring substituents is 1. The molecule has 1 aromatic rings. The number of carbonyl (C=O) groups excluding carboxylic acids is 1. The van der Waals surface area contributed by atoms with Crippen molar-refractivity contribution < 1.29 is 19.2 Å². The first-order valence-corrected chi connectivity index (χ1v) is 9.46. The van der Waals surface area contributed by atoms with Crippen molar-refractivity contribution in [3.8, 4) is 6.07 Å². The summed E-state index contributed by atoms with van der Waals surface area (Å²) in [6.45, 7) is 2.12. The summed E-state index contributed by atoms with van der Waals surface area (Å²) in [6, 6.07) is 6.87. The molecule has 4 rings (SSSR count). The highest BCUT2D eigenvalue weighted by Crippen LogP contribution is 2.45. The van der Waals surface area contributed by atoms with E-state index in [1.54, 1.807) is 12.1 Å². The van der Waals surface area contributed by atoms with E-state index in [0.29, 0.717) is 68.1 Å². The molecule has 1 atom stereocenters. The van der Waals surface area contributed by atoms with Crippen molar-refractivity contribution in [3.05, 3.63) is 56.7 Å². The van der Waals surface area contributed by atoms with Gasteiger partial charge in [-0.15, -0.1) is 0 Å². The topological polar surface area (TPSA) is 132 Å². The number of hydrogen-bond acceptors (Lipinski definition) is 8. The van der Waals surface area contributed by atoms with Crippen molar-refractivity contribution in [2.75, 3.05) is 31.2 Å². The molecule has 0 amide bonds. The number of carbonyl (C=O) groups is 1. The Bertz CT molecular complexity index is 985.